The normalized spacial score (nSPS) is 13.6. The SMILES string of the molecule is CC(C)(C)C=C(O)C(C)(C)C.CC(C)(C)C=C(O)C(C)(C)C.C[N-]C.[Ti]. The molecule has 0 atom stereocenters. The molecule has 26 heavy (non-hydrogen) atoms. The summed E-state index contributed by atoms with van der Waals surface area (Å²) < 4.78 is 0. The molecular weight excluding hydrogens is 358 g/mol. The third kappa shape index (κ3) is 26.0. The van der Waals surface area contributed by atoms with Crippen molar-refractivity contribution in [3.05, 3.63) is 29.0 Å². The summed E-state index contributed by atoms with van der Waals surface area (Å²) in [5, 5.41) is 22.7. The Balaban J connectivity index is -0.000000156. The largest absolute Gasteiger partial charge is 0.668 e. The Kier molecular flexibility index (Phi) is 16.7. The molecular formula is C22H46NO2Ti-. The summed E-state index contributed by atoms with van der Waals surface area (Å²) >= 11 is 0. The monoisotopic (exact) mass is 404 g/mol. The number of aliphatic hydroxyl groups excluding tert-OH is 2. The van der Waals surface area contributed by atoms with Gasteiger partial charge in [0.25, 0.3) is 0 Å². The Labute approximate surface area is 179 Å². The Hall–Kier alpha value is -0.246. The molecule has 0 aliphatic carbocycles. The Bertz CT molecular complexity index is 371. The molecule has 0 spiro atoms. The van der Waals surface area contributed by atoms with Crippen LogP contribution < -0.4 is 0 Å². The standard InChI is InChI=1S/2C10H20O.C2H6N.Ti/c2*1-9(2,3)7-8(11)10(4,5)6;1-3-2;/h2*7,11H,1-6H3;1-2H3;/q;;-1;. The van der Waals surface area contributed by atoms with E-state index in [4.69, 9.17) is 0 Å². The van der Waals surface area contributed by atoms with E-state index in [1.807, 2.05) is 53.7 Å². The van der Waals surface area contributed by atoms with Crippen molar-refractivity contribution in [2.24, 2.45) is 21.7 Å². The minimum atomic E-state index is -0.118. The zero-order valence-corrected chi connectivity index (χ0v) is 21.6. The van der Waals surface area contributed by atoms with E-state index < -0.39 is 0 Å². The van der Waals surface area contributed by atoms with Gasteiger partial charge in [-0.15, -0.1) is 0 Å². The maximum atomic E-state index is 9.58. The van der Waals surface area contributed by atoms with Gasteiger partial charge >= 0.3 is 0 Å². The van der Waals surface area contributed by atoms with Crippen molar-refractivity contribution in [2.75, 3.05) is 14.1 Å². The van der Waals surface area contributed by atoms with E-state index in [2.05, 4.69) is 46.9 Å². The predicted octanol–water partition coefficient (Wildman–Crippen LogP) is 7.66. The van der Waals surface area contributed by atoms with E-state index >= 15 is 0 Å². The first kappa shape index (κ1) is 33.3. The molecule has 0 saturated carbocycles. The van der Waals surface area contributed by atoms with Crippen LogP contribution in [-0.4, -0.2) is 24.3 Å². The van der Waals surface area contributed by atoms with Gasteiger partial charge in [0.2, 0.25) is 0 Å². The van der Waals surface area contributed by atoms with E-state index in [1.165, 1.54) is 0 Å². The third-order valence-corrected chi connectivity index (χ3v) is 2.68. The summed E-state index contributed by atoms with van der Waals surface area (Å²) in [4.78, 5) is 0. The topological polar surface area (TPSA) is 54.6 Å². The average molecular weight is 404 g/mol. The van der Waals surface area contributed by atoms with Crippen LogP contribution in [0.1, 0.15) is 83.1 Å². The van der Waals surface area contributed by atoms with E-state index in [0.29, 0.717) is 11.5 Å². The van der Waals surface area contributed by atoms with Gasteiger partial charge in [-0.2, -0.15) is 14.1 Å². The number of hydrogen-bond donors (Lipinski definition) is 2. The second kappa shape index (κ2) is 13.0. The fourth-order valence-corrected chi connectivity index (χ4v) is 1.25. The van der Waals surface area contributed by atoms with E-state index in [1.54, 1.807) is 14.1 Å². The summed E-state index contributed by atoms with van der Waals surface area (Å²) in [5.41, 5.74) is -0.102. The molecule has 2 N–H and O–H groups in total. The predicted molar refractivity (Wildman–Crippen MR) is 114 cm³/mol. The molecule has 0 aromatic rings. The molecule has 0 saturated heterocycles. The number of nitrogens with zero attached hydrogens (tertiary/aromatic N) is 1. The molecule has 0 fully saturated rings. The Morgan fingerprint density at radius 2 is 0.731 bits per heavy atom. The van der Waals surface area contributed by atoms with Crippen LogP contribution in [0.5, 0.6) is 0 Å². The smallest absolute Gasteiger partial charge is 0.0941 e. The maximum Gasteiger partial charge on any atom is 0.0941 e. The van der Waals surface area contributed by atoms with Crippen molar-refractivity contribution in [1.29, 1.82) is 0 Å². The van der Waals surface area contributed by atoms with Gasteiger partial charge < -0.3 is 15.5 Å². The molecule has 0 aliphatic rings. The van der Waals surface area contributed by atoms with E-state index in [-0.39, 0.29) is 43.4 Å². The van der Waals surface area contributed by atoms with Crippen molar-refractivity contribution in [3.8, 4) is 0 Å². The van der Waals surface area contributed by atoms with Crippen LogP contribution in [-0.2, 0) is 21.7 Å². The van der Waals surface area contributed by atoms with Crippen LogP contribution in [0.2, 0.25) is 0 Å². The van der Waals surface area contributed by atoms with Gasteiger partial charge in [-0.3, -0.25) is 0 Å². The quantitative estimate of drug-likeness (QED) is 0.322. The molecule has 0 amide bonds. The van der Waals surface area contributed by atoms with Gasteiger partial charge in [-0.1, -0.05) is 83.1 Å². The number of allylic oxidation sites excluding steroid dienone is 4. The molecule has 0 rings (SSSR count). The fraction of sp³-hybridized carbons (Fsp3) is 0.818. The summed E-state index contributed by atoms with van der Waals surface area (Å²) in [5.74, 6) is 0.954. The Morgan fingerprint density at radius 3 is 0.769 bits per heavy atom. The van der Waals surface area contributed by atoms with Gasteiger partial charge in [0, 0.05) is 32.5 Å². The van der Waals surface area contributed by atoms with Crippen molar-refractivity contribution >= 4 is 0 Å². The molecule has 0 radical (unpaired) electrons. The van der Waals surface area contributed by atoms with Crippen molar-refractivity contribution in [3.63, 3.8) is 0 Å². The molecule has 4 heteroatoms. The molecule has 0 unspecified atom stereocenters. The summed E-state index contributed by atoms with van der Waals surface area (Å²) in [6.45, 7) is 24.5. The van der Waals surface area contributed by atoms with Crippen LogP contribution in [0, 0.1) is 21.7 Å². The van der Waals surface area contributed by atoms with Gasteiger partial charge in [-0.25, -0.2) is 0 Å². The van der Waals surface area contributed by atoms with Crippen molar-refractivity contribution in [2.45, 2.75) is 83.1 Å². The van der Waals surface area contributed by atoms with Gasteiger partial charge in [0.1, 0.15) is 0 Å². The van der Waals surface area contributed by atoms with Crippen LogP contribution in [0.25, 0.3) is 5.32 Å². The minimum absolute atomic E-state index is 0. The molecule has 0 aromatic heterocycles. The Morgan fingerprint density at radius 1 is 0.577 bits per heavy atom. The van der Waals surface area contributed by atoms with E-state index in [9.17, 15) is 10.2 Å². The first-order valence-corrected chi connectivity index (χ1v) is 9.00. The van der Waals surface area contributed by atoms with Gasteiger partial charge in [0.05, 0.1) is 11.5 Å². The average Bonchev–Trinajstić information content (AvgIpc) is 2.23. The second-order valence-electron chi connectivity index (χ2n) is 10.7. The number of hydrogen-bond acceptors (Lipinski definition) is 2. The van der Waals surface area contributed by atoms with Gasteiger partial charge in [-0.05, 0) is 23.0 Å². The number of aliphatic hydroxyl groups is 2. The second-order valence-corrected chi connectivity index (χ2v) is 10.7. The fourth-order valence-electron chi connectivity index (χ4n) is 1.25. The van der Waals surface area contributed by atoms with Gasteiger partial charge in [0.15, 0.2) is 0 Å². The molecule has 0 aliphatic heterocycles. The van der Waals surface area contributed by atoms with Crippen LogP contribution in [0.4, 0.5) is 0 Å². The first-order valence-electron chi connectivity index (χ1n) is 9.00. The zero-order valence-electron chi connectivity index (χ0n) is 20.0. The summed E-state index contributed by atoms with van der Waals surface area (Å²) in [6.07, 6.45) is 3.82. The third-order valence-electron chi connectivity index (χ3n) is 2.68. The molecule has 0 bridgehead atoms. The van der Waals surface area contributed by atoms with Crippen molar-refractivity contribution < 1.29 is 31.9 Å². The van der Waals surface area contributed by atoms with E-state index in [0.717, 1.165) is 0 Å². The van der Waals surface area contributed by atoms with Crippen LogP contribution in [0.3, 0.4) is 0 Å². The van der Waals surface area contributed by atoms with Crippen LogP contribution in [0.15, 0.2) is 23.7 Å². The maximum absolute atomic E-state index is 9.58. The summed E-state index contributed by atoms with van der Waals surface area (Å²) in [7, 11) is 3.50. The van der Waals surface area contributed by atoms with Crippen LogP contribution >= 0.6 is 0 Å². The minimum Gasteiger partial charge on any atom is -0.668 e. The number of rotatable bonds is 0. The zero-order chi connectivity index (χ0) is 21.3. The molecule has 0 heterocycles. The molecule has 3 nitrogen and oxygen atoms in total. The molecule has 156 valence electrons. The van der Waals surface area contributed by atoms with Crippen molar-refractivity contribution in [1.82, 2.24) is 0 Å². The molecule has 0 aromatic carbocycles. The first-order chi connectivity index (χ1) is 10.7. The summed E-state index contributed by atoms with van der Waals surface area (Å²) in [6, 6.07) is 0.